The Hall–Kier alpha value is -2.11. The van der Waals surface area contributed by atoms with Crippen LogP contribution in [-0.4, -0.2) is 37.6 Å². The summed E-state index contributed by atoms with van der Waals surface area (Å²) in [6.07, 6.45) is 6.02. The molecule has 0 radical (unpaired) electrons. The summed E-state index contributed by atoms with van der Waals surface area (Å²) in [7, 11) is 1.62. The highest BCUT2D eigenvalue weighted by Gasteiger charge is 2.14. The van der Waals surface area contributed by atoms with Gasteiger partial charge in [-0.2, -0.15) is 0 Å². The zero-order chi connectivity index (χ0) is 17.5. The Morgan fingerprint density at radius 3 is 2.96 bits per heavy atom. The molecule has 1 atom stereocenters. The van der Waals surface area contributed by atoms with Gasteiger partial charge >= 0.3 is 0 Å². The highest BCUT2D eigenvalue weighted by molar-refractivity contribution is 6.29. The summed E-state index contributed by atoms with van der Waals surface area (Å²) in [5.74, 6) is 1.34. The van der Waals surface area contributed by atoms with Gasteiger partial charge < -0.3 is 14.2 Å². The minimum atomic E-state index is 0.258. The zero-order valence-corrected chi connectivity index (χ0v) is 14.9. The second kappa shape index (κ2) is 8.83. The molecule has 25 heavy (non-hydrogen) atoms. The molecule has 0 N–H and O–H groups in total. The van der Waals surface area contributed by atoms with Crippen LogP contribution in [-0.2, 0) is 11.3 Å². The zero-order valence-electron chi connectivity index (χ0n) is 14.2. The van der Waals surface area contributed by atoms with Crippen molar-refractivity contribution >= 4 is 17.8 Å². The maximum absolute atomic E-state index is 5.82. The predicted octanol–water partition coefficient (Wildman–Crippen LogP) is 3.92. The minimum Gasteiger partial charge on any atom is -0.493 e. The molecule has 5 nitrogen and oxygen atoms in total. The molecule has 0 bridgehead atoms. The first kappa shape index (κ1) is 17.7. The largest absolute Gasteiger partial charge is 0.493 e. The van der Waals surface area contributed by atoms with E-state index in [1.54, 1.807) is 19.4 Å². The van der Waals surface area contributed by atoms with Gasteiger partial charge in [0.1, 0.15) is 11.8 Å². The molecule has 1 aromatic carbocycles. The average Bonchev–Trinajstić information content (AvgIpc) is 3.15. The van der Waals surface area contributed by atoms with Crippen LogP contribution in [0.2, 0.25) is 5.15 Å². The van der Waals surface area contributed by atoms with Crippen LogP contribution in [0, 0.1) is 0 Å². The van der Waals surface area contributed by atoms with E-state index in [1.165, 1.54) is 0 Å². The standard InChI is InChI=1S/C19H21ClN2O3/c1-23-18-9-14(10-21-12-16-3-2-8-24-16)4-6-17(18)25-13-15-5-7-19(20)22-11-15/h4-7,9-11,16H,2-3,8,12-13H2,1H3/t16-/m1/s1. The summed E-state index contributed by atoms with van der Waals surface area (Å²) in [6.45, 7) is 1.94. The molecule has 1 saturated heterocycles. The van der Waals surface area contributed by atoms with E-state index in [-0.39, 0.29) is 6.10 Å². The second-order valence-corrected chi connectivity index (χ2v) is 6.20. The molecule has 2 heterocycles. The minimum absolute atomic E-state index is 0.258. The van der Waals surface area contributed by atoms with Crippen molar-refractivity contribution < 1.29 is 14.2 Å². The average molecular weight is 361 g/mol. The van der Waals surface area contributed by atoms with Crippen molar-refractivity contribution in [2.45, 2.75) is 25.6 Å². The van der Waals surface area contributed by atoms with Gasteiger partial charge in [-0.3, -0.25) is 4.99 Å². The SMILES string of the molecule is COc1cc(C=NC[C@H]2CCCO2)ccc1OCc1ccc(Cl)nc1. The van der Waals surface area contributed by atoms with E-state index in [0.29, 0.717) is 29.8 Å². The van der Waals surface area contributed by atoms with E-state index in [9.17, 15) is 0 Å². The first-order valence-corrected chi connectivity index (χ1v) is 8.65. The number of aliphatic imine (C=N–C) groups is 1. The van der Waals surface area contributed by atoms with Crippen molar-refractivity contribution in [3.05, 3.63) is 52.8 Å². The van der Waals surface area contributed by atoms with Crippen molar-refractivity contribution in [1.29, 1.82) is 0 Å². The maximum Gasteiger partial charge on any atom is 0.161 e. The quantitative estimate of drug-likeness (QED) is 0.554. The van der Waals surface area contributed by atoms with Crippen molar-refractivity contribution in [2.24, 2.45) is 4.99 Å². The van der Waals surface area contributed by atoms with E-state index in [2.05, 4.69) is 9.98 Å². The summed E-state index contributed by atoms with van der Waals surface area (Å²) >= 11 is 5.78. The fourth-order valence-corrected chi connectivity index (χ4v) is 2.71. The van der Waals surface area contributed by atoms with Crippen molar-refractivity contribution in [1.82, 2.24) is 4.98 Å². The van der Waals surface area contributed by atoms with Crippen molar-refractivity contribution in [3.8, 4) is 11.5 Å². The molecule has 0 aliphatic carbocycles. The number of nitrogens with zero attached hydrogens (tertiary/aromatic N) is 2. The van der Waals surface area contributed by atoms with Crippen LogP contribution in [0.5, 0.6) is 11.5 Å². The van der Waals surface area contributed by atoms with E-state index < -0.39 is 0 Å². The summed E-state index contributed by atoms with van der Waals surface area (Å²) in [4.78, 5) is 8.50. The number of hydrogen-bond acceptors (Lipinski definition) is 5. The van der Waals surface area contributed by atoms with E-state index in [4.69, 9.17) is 25.8 Å². The molecule has 1 aromatic heterocycles. The molecule has 3 rings (SSSR count). The Labute approximate surface area is 152 Å². The molecule has 1 aliphatic heterocycles. The number of rotatable bonds is 7. The highest BCUT2D eigenvalue weighted by Crippen LogP contribution is 2.28. The molecule has 1 fully saturated rings. The van der Waals surface area contributed by atoms with Gasteiger partial charge in [-0.1, -0.05) is 17.7 Å². The highest BCUT2D eigenvalue weighted by atomic mass is 35.5. The fourth-order valence-electron chi connectivity index (χ4n) is 2.60. The van der Waals surface area contributed by atoms with Gasteiger partial charge in [0.25, 0.3) is 0 Å². The summed E-state index contributed by atoms with van der Waals surface area (Å²) in [6, 6.07) is 9.38. The number of pyridine rings is 1. The Balaban J connectivity index is 1.60. The lowest BCUT2D eigenvalue weighted by atomic mass is 10.2. The van der Waals surface area contributed by atoms with Gasteiger partial charge in [0.2, 0.25) is 0 Å². The molecule has 0 amide bonds. The Morgan fingerprint density at radius 1 is 1.32 bits per heavy atom. The summed E-state index contributed by atoms with van der Waals surface area (Å²) in [5.41, 5.74) is 1.91. The van der Waals surface area contributed by atoms with Gasteiger partial charge in [-0.15, -0.1) is 0 Å². The van der Waals surface area contributed by atoms with Gasteiger partial charge in [0.15, 0.2) is 11.5 Å². The van der Waals surface area contributed by atoms with Crippen LogP contribution in [0.15, 0.2) is 41.5 Å². The lowest BCUT2D eigenvalue weighted by Crippen LogP contribution is -2.08. The van der Waals surface area contributed by atoms with Crippen LogP contribution < -0.4 is 9.47 Å². The first-order valence-electron chi connectivity index (χ1n) is 8.27. The summed E-state index contributed by atoms with van der Waals surface area (Å²) < 4.78 is 16.8. The molecular formula is C19H21ClN2O3. The van der Waals surface area contributed by atoms with Gasteiger partial charge in [-0.05, 0) is 42.7 Å². The number of halogens is 1. The van der Waals surface area contributed by atoms with E-state index in [0.717, 1.165) is 30.6 Å². The van der Waals surface area contributed by atoms with Crippen LogP contribution in [0.3, 0.4) is 0 Å². The molecule has 0 spiro atoms. The molecule has 132 valence electrons. The smallest absolute Gasteiger partial charge is 0.161 e. The normalized spacial score (nSPS) is 17.1. The van der Waals surface area contributed by atoms with Crippen LogP contribution in [0.1, 0.15) is 24.0 Å². The molecule has 2 aromatic rings. The molecular weight excluding hydrogens is 340 g/mol. The molecule has 6 heteroatoms. The lowest BCUT2D eigenvalue weighted by molar-refractivity contribution is 0.118. The number of benzene rings is 1. The van der Waals surface area contributed by atoms with Crippen LogP contribution >= 0.6 is 11.6 Å². The summed E-state index contributed by atoms with van der Waals surface area (Å²) in [5, 5.41) is 0.466. The van der Waals surface area contributed by atoms with Gasteiger partial charge in [-0.25, -0.2) is 4.98 Å². The third kappa shape index (κ3) is 5.18. The Morgan fingerprint density at radius 2 is 2.24 bits per heavy atom. The predicted molar refractivity (Wildman–Crippen MR) is 98.0 cm³/mol. The van der Waals surface area contributed by atoms with Crippen LogP contribution in [0.4, 0.5) is 0 Å². The lowest BCUT2D eigenvalue weighted by Gasteiger charge is -2.11. The fraction of sp³-hybridized carbons (Fsp3) is 0.368. The number of ether oxygens (including phenoxy) is 3. The second-order valence-electron chi connectivity index (χ2n) is 5.82. The van der Waals surface area contributed by atoms with Crippen molar-refractivity contribution in [3.63, 3.8) is 0 Å². The van der Waals surface area contributed by atoms with Gasteiger partial charge in [0.05, 0.1) is 19.8 Å². The van der Waals surface area contributed by atoms with Crippen molar-refractivity contribution in [2.75, 3.05) is 20.3 Å². The Kier molecular flexibility index (Phi) is 6.25. The molecule has 1 aliphatic rings. The number of methoxy groups -OCH3 is 1. The Bertz CT molecular complexity index is 713. The van der Waals surface area contributed by atoms with Gasteiger partial charge in [0, 0.05) is 24.6 Å². The first-order chi connectivity index (χ1) is 12.2. The van der Waals surface area contributed by atoms with E-state index in [1.807, 2.05) is 30.5 Å². The third-order valence-electron chi connectivity index (χ3n) is 3.94. The van der Waals surface area contributed by atoms with Crippen LogP contribution in [0.25, 0.3) is 0 Å². The molecule has 0 unspecified atom stereocenters. The number of aromatic nitrogens is 1. The van der Waals surface area contributed by atoms with E-state index >= 15 is 0 Å². The third-order valence-corrected chi connectivity index (χ3v) is 4.17. The monoisotopic (exact) mass is 360 g/mol. The molecule has 0 saturated carbocycles. The maximum atomic E-state index is 5.82. The topological polar surface area (TPSA) is 52.9 Å². The number of hydrogen-bond donors (Lipinski definition) is 0.